The topological polar surface area (TPSA) is 22.2 Å². The third-order valence-corrected chi connectivity index (χ3v) is 3.30. The first kappa shape index (κ1) is 11.8. The van der Waals surface area contributed by atoms with Crippen molar-refractivity contribution in [1.82, 2.24) is 9.55 Å². The summed E-state index contributed by atoms with van der Waals surface area (Å²) in [4.78, 5) is 7.70. The van der Waals surface area contributed by atoms with Crippen molar-refractivity contribution in [1.29, 1.82) is 0 Å². The quantitative estimate of drug-likeness (QED) is 0.635. The molecule has 0 N–H and O–H groups in total. The van der Waals surface area contributed by atoms with Gasteiger partial charge in [0.25, 0.3) is 0 Å². The molecule has 3 nitrogen and oxygen atoms in total. The maximum Gasteiger partial charge on any atom is 0.204 e. The SMILES string of the molecule is [C-]#[N+]c1ccc(Cn2c(Cl)nc3ccccc32)cc1. The number of hydrogen-bond acceptors (Lipinski definition) is 1. The molecule has 0 atom stereocenters. The zero-order chi connectivity index (χ0) is 13.2. The maximum absolute atomic E-state index is 6.94. The molecule has 0 aliphatic heterocycles. The van der Waals surface area contributed by atoms with E-state index in [2.05, 4.69) is 9.83 Å². The van der Waals surface area contributed by atoms with Crippen LogP contribution in [0.1, 0.15) is 5.56 Å². The number of halogens is 1. The Morgan fingerprint density at radius 3 is 2.58 bits per heavy atom. The second-order valence-corrected chi connectivity index (χ2v) is 4.57. The van der Waals surface area contributed by atoms with Crippen LogP contribution < -0.4 is 0 Å². The van der Waals surface area contributed by atoms with Gasteiger partial charge >= 0.3 is 0 Å². The van der Waals surface area contributed by atoms with Crippen LogP contribution in [0, 0.1) is 6.57 Å². The molecule has 0 aliphatic rings. The van der Waals surface area contributed by atoms with Crippen molar-refractivity contribution in [3.8, 4) is 0 Å². The number of aromatic nitrogens is 2. The van der Waals surface area contributed by atoms with Crippen molar-refractivity contribution in [2.75, 3.05) is 0 Å². The molecule has 3 rings (SSSR count). The lowest BCUT2D eigenvalue weighted by Gasteiger charge is -2.06. The van der Waals surface area contributed by atoms with Crippen LogP contribution in [-0.4, -0.2) is 9.55 Å². The van der Waals surface area contributed by atoms with E-state index in [4.69, 9.17) is 18.2 Å². The summed E-state index contributed by atoms with van der Waals surface area (Å²) < 4.78 is 1.96. The molecule has 0 amide bonds. The predicted octanol–water partition coefficient (Wildman–Crippen LogP) is 4.29. The molecule has 0 spiro atoms. The highest BCUT2D eigenvalue weighted by molar-refractivity contribution is 6.29. The van der Waals surface area contributed by atoms with E-state index in [1.165, 1.54) is 0 Å². The van der Waals surface area contributed by atoms with Crippen LogP contribution in [0.2, 0.25) is 5.28 Å². The Kier molecular flexibility index (Phi) is 2.94. The van der Waals surface area contributed by atoms with Gasteiger partial charge in [-0.3, -0.25) is 0 Å². The zero-order valence-electron chi connectivity index (χ0n) is 10.0. The van der Waals surface area contributed by atoms with E-state index in [-0.39, 0.29) is 0 Å². The van der Waals surface area contributed by atoms with Gasteiger partial charge < -0.3 is 4.57 Å². The average molecular weight is 268 g/mol. The van der Waals surface area contributed by atoms with Crippen LogP contribution in [-0.2, 0) is 6.54 Å². The first-order chi connectivity index (χ1) is 9.28. The lowest BCUT2D eigenvalue weighted by atomic mass is 10.2. The number of para-hydroxylation sites is 2. The van der Waals surface area contributed by atoms with E-state index < -0.39 is 0 Å². The fraction of sp³-hybridized carbons (Fsp3) is 0.0667. The molecule has 92 valence electrons. The Hall–Kier alpha value is -2.31. The Morgan fingerprint density at radius 1 is 1.11 bits per heavy atom. The summed E-state index contributed by atoms with van der Waals surface area (Å²) in [5.74, 6) is 0. The van der Waals surface area contributed by atoms with E-state index in [1.54, 1.807) is 0 Å². The van der Waals surface area contributed by atoms with E-state index >= 15 is 0 Å². The van der Waals surface area contributed by atoms with Gasteiger partial charge in [0.2, 0.25) is 5.28 Å². The molecule has 1 aromatic heterocycles. The summed E-state index contributed by atoms with van der Waals surface area (Å²) >= 11 is 6.18. The molecule has 0 saturated carbocycles. The molecule has 0 radical (unpaired) electrons. The molecule has 4 heteroatoms. The fourth-order valence-corrected chi connectivity index (χ4v) is 2.30. The second-order valence-electron chi connectivity index (χ2n) is 4.23. The minimum atomic E-state index is 0.482. The number of imidazole rings is 1. The van der Waals surface area contributed by atoms with Crippen LogP contribution in [0.25, 0.3) is 15.9 Å². The van der Waals surface area contributed by atoms with Crippen molar-refractivity contribution in [2.45, 2.75) is 6.54 Å². The molecular weight excluding hydrogens is 258 g/mol. The molecule has 0 saturated heterocycles. The zero-order valence-corrected chi connectivity index (χ0v) is 10.8. The van der Waals surface area contributed by atoms with E-state index in [0.29, 0.717) is 17.5 Å². The molecule has 2 aromatic carbocycles. The molecule has 0 aliphatic carbocycles. The normalized spacial score (nSPS) is 10.5. The van der Waals surface area contributed by atoms with Crippen LogP contribution in [0.15, 0.2) is 48.5 Å². The molecule has 0 unspecified atom stereocenters. The maximum atomic E-state index is 6.94. The Balaban J connectivity index is 2.00. The lowest BCUT2D eigenvalue weighted by molar-refractivity contribution is 0.826. The van der Waals surface area contributed by atoms with Crippen molar-refractivity contribution in [2.24, 2.45) is 0 Å². The fourth-order valence-electron chi connectivity index (χ4n) is 2.05. The van der Waals surface area contributed by atoms with Gasteiger partial charge in [-0.05, 0) is 29.3 Å². The van der Waals surface area contributed by atoms with E-state index in [0.717, 1.165) is 16.6 Å². The molecule has 1 heterocycles. The van der Waals surface area contributed by atoms with Gasteiger partial charge in [-0.25, -0.2) is 9.83 Å². The van der Waals surface area contributed by atoms with E-state index in [9.17, 15) is 0 Å². The first-order valence-electron chi connectivity index (χ1n) is 5.85. The highest BCUT2D eigenvalue weighted by atomic mass is 35.5. The standard InChI is InChI=1S/C15H10ClN3/c1-17-12-8-6-11(7-9-12)10-19-14-5-3-2-4-13(14)18-15(19)16/h2-9H,10H2. The van der Waals surface area contributed by atoms with Gasteiger partial charge in [0.15, 0.2) is 5.69 Å². The number of hydrogen-bond donors (Lipinski definition) is 0. The summed E-state index contributed by atoms with van der Waals surface area (Å²) in [5.41, 5.74) is 3.65. The summed E-state index contributed by atoms with van der Waals surface area (Å²) in [7, 11) is 0. The van der Waals surface area contributed by atoms with Gasteiger partial charge in [0.1, 0.15) is 0 Å². The molecule has 0 fully saturated rings. The largest absolute Gasteiger partial charge is 0.310 e. The number of nitrogens with zero attached hydrogens (tertiary/aromatic N) is 3. The average Bonchev–Trinajstić information content (AvgIpc) is 2.76. The number of rotatable bonds is 2. The highest BCUT2D eigenvalue weighted by Crippen LogP contribution is 2.21. The summed E-state index contributed by atoms with van der Waals surface area (Å²) in [6.45, 7) is 7.59. The highest BCUT2D eigenvalue weighted by Gasteiger charge is 2.08. The molecule has 0 bridgehead atoms. The third-order valence-electron chi connectivity index (χ3n) is 3.01. The van der Waals surface area contributed by atoms with Crippen molar-refractivity contribution >= 4 is 28.3 Å². The summed E-state index contributed by atoms with van der Waals surface area (Å²) in [6.07, 6.45) is 0. The van der Waals surface area contributed by atoms with Gasteiger partial charge in [-0.1, -0.05) is 36.4 Å². The van der Waals surface area contributed by atoms with Crippen molar-refractivity contribution in [3.63, 3.8) is 0 Å². The molecule has 19 heavy (non-hydrogen) atoms. The van der Waals surface area contributed by atoms with E-state index in [1.807, 2.05) is 53.1 Å². The Morgan fingerprint density at radius 2 is 1.84 bits per heavy atom. The Labute approximate surface area is 115 Å². The minimum Gasteiger partial charge on any atom is -0.310 e. The first-order valence-corrected chi connectivity index (χ1v) is 6.23. The van der Waals surface area contributed by atoms with Crippen LogP contribution in [0.4, 0.5) is 5.69 Å². The van der Waals surface area contributed by atoms with Crippen molar-refractivity contribution < 1.29 is 0 Å². The van der Waals surface area contributed by atoms with Gasteiger partial charge in [0, 0.05) is 0 Å². The molecule has 3 aromatic rings. The summed E-state index contributed by atoms with van der Waals surface area (Å²) in [6, 6.07) is 15.4. The van der Waals surface area contributed by atoms with Gasteiger partial charge in [0.05, 0.1) is 24.2 Å². The minimum absolute atomic E-state index is 0.482. The van der Waals surface area contributed by atoms with Crippen LogP contribution in [0.3, 0.4) is 0 Å². The monoisotopic (exact) mass is 267 g/mol. The predicted molar refractivity (Wildman–Crippen MR) is 76.5 cm³/mol. The van der Waals surface area contributed by atoms with Crippen molar-refractivity contribution in [3.05, 3.63) is 70.8 Å². The Bertz CT molecular complexity index is 766. The second kappa shape index (κ2) is 4.75. The van der Waals surface area contributed by atoms with Gasteiger partial charge in [-0.15, -0.1) is 0 Å². The van der Waals surface area contributed by atoms with Crippen LogP contribution in [0.5, 0.6) is 0 Å². The lowest BCUT2D eigenvalue weighted by Crippen LogP contribution is -1.99. The summed E-state index contributed by atoms with van der Waals surface area (Å²) in [5, 5.41) is 0.482. The third kappa shape index (κ3) is 2.18. The van der Waals surface area contributed by atoms with Crippen LogP contribution >= 0.6 is 11.6 Å². The smallest absolute Gasteiger partial charge is 0.204 e. The number of benzene rings is 2. The van der Waals surface area contributed by atoms with Gasteiger partial charge in [-0.2, -0.15) is 0 Å². The number of fused-ring (bicyclic) bond motifs is 1. The molecular formula is C15H10ClN3.